The molecular formula is C3H15Br3. The lowest BCUT2D eigenvalue weighted by atomic mass is 12.0. The van der Waals surface area contributed by atoms with Gasteiger partial charge in [-0.05, 0) is 0 Å². The van der Waals surface area contributed by atoms with Crippen molar-refractivity contribution < 1.29 is 0 Å². The van der Waals surface area contributed by atoms with Crippen molar-refractivity contribution in [2.75, 3.05) is 0 Å². The maximum atomic E-state index is 0. The highest BCUT2D eigenvalue weighted by molar-refractivity contribution is 8.93. The van der Waals surface area contributed by atoms with Crippen LogP contribution in [-0.2, 0) is 0 Å². The molecule has 0 unspecified atom stereocenters. The van der Waals surface area contributed by atoms with Crippen molar-refractivity contribution in [3.05, 3.63) is 0 Å². The third kappa shape index (κ3) is 51.7. The molecule has 0 rings (SSSR count). The average molecular weight is 291 g/mol. The van der Waals surface area contributed by atoms with Gasteiger partial charge < -0.3 is 0 Å². The average Bonchev–Trinajstić information content (AvgIpc) is 0. The minimum atomic E-state index is 0. The first-order valence-corrected chi connectivity index (χ1v) is 0. The molecule has 0 nitrogen and oxygen atoms in total. The normalized spacial score (nSPS) is 0. The molecule has 0 atom stereocenters. The molecule has 6 heavy (non-hydrogen) atoms. The Morgan fingerprint density at radius 3 is 0.333 bits per heavy atom. The molecule has 48 valence electrons. The maximum Gasteiger partial charge on any atom is -0.0776 e. The van der Waals surface area contributed by atoms with E-state index in [1.807, 2.05) is 0 Å². The van der Waals surface area contributed by atoms with E-state index in [1.54, 1.807) is 0 Å². The first-order chi connectivity index (χ1) is 0. The molecule has 0 aliphatic carbocycles. The molecule has 0 aromatic heterocycles. The summed E-state index contributed by atoms with van der Waals surface area (Å²) in [7, 11) is 0. The Morgan fingerprint density at radius 2 is 0.333 bits per heavy atom. The third-order valence-corrected chi connectivity index (χ3v) is 0. The van der Waals surface area contributed by atoms with Gasteiger partial charge in [-0.1, -0.05) is 22.3 Å². The summed E-state index contributed by atoms with van der Waals surface area (Å²) in [4.78, 5) is 0. The highest BCUT2D eigenvalue weighted by atomic mass is 79.9. The molecule has 0 bridgehead atoms. The van der Waals surface area contributed by atoms with E-state index in [4.69, 9.17) is 0 Å². The van der Waals surface area contributed by atoms with E-state index in [2.05, 4.69) is 0 Å². The van der Waals surface area contributed by atoms with E-state index in [1.165, 1.54) is 0 Å². The van der Waals surface area contributed by atoms with Crippen LogP contribution in [0, 0.1) is 0 Å². The van der Waals surface area contributed by atoms with Gasteiger partial charge in [0, 0.05) is 0 Å². The van der Waals surface area contributed by atoms with Crippen LogP contribution in [0.25, 0.3) is 0 Å². The van der Waals surface area contributed by atoms with Crippen molar-refractivity contribution in [2.24, 2.45) is 0 Å². The summed E-state index contributed by atoms with van der Waals surface area (Å²) >= 11 is 0. The van der Waals surface area contributed by atoms with Crippen molar-refractivity contribution in [2.45, 2.75) is 22.3 Å². The second-order valence-electron chi connectivity index (χ2n) is 0. The minimum Gasteiger partial charge on any atom is -0.114 e. The molecular weight excluding hydrogens is 276 g/mol. The molecule has 0 aromatic carbocycles. The van der Waals surface area contributed by atoms with Gasteiger partial charge in [-0.2, -0.15) is 0 Å². The summed E-state index contributed by atoms with van der Waals surface area (Å²) in [6, 6.07) is 0. The fourth-order valence-electron chi connectivity index (χ4n) is 0. The van der Waals surface area contributed by atoms with Crippen LogP contribution >= 0.6 is 50.9 Å². The molecule has 0 radical (unpaired) electrons. The van der Waals surface area contributed by atoms with Crippen LogP contribution in [0.1, 0.15) is 22.3 Å². The first kappa shape index (κ1) is 149. The molecule has 0 amide bonds. The summed E-state index contributed by atoms with van der Waals surface area (Å²) in [6.07, 6.45) is 0. The van der Waals surface area contributed by atoms with Gasteiger partial charge in [-0.15, -0.1) is 50.9 Å². The van der Waals surface area contributed by atoms with E-state index >= 15 is 0 Å². The van der Waals surface area contributed by atoms with Crippen molar-refractivity contribution in [3.8, 4) is 0 Å². The predicted octanol–water partition coefficient (Wildman–Crippen LogP) is 3.64. The van der Waals surface area contributed by atoms with Crippen LogP contribution in [0.4, 0.5) is 0 Å². The van der Waals surface area contributed by atoms with Crippen molar-refractivity contribution in [1.82, 2.24) is 0 Å². The fraction of sp³-hybridized carbons (Fsp3) is 1.00. The number of rotatable bonds is 0. The second-order valence-corrected chi connectivity index (χ2v) is 0. The van der Waals surface area contributed by atoms with Crippen LogP contribution in [-0.4, -0.2) is 0 Å². The predicted molar refractivity (Wildman–Crippen MR) is 51.2 cm³/mol. The van der Waals surface area contributed by atoms with E-state index in [-0.39, 0.29) is 73.2 Å². The molecule has 0 saturated carbocycles. The van der Waals surface area contributed by atoms with Crippen LogP contribution in [0.15, 0.2) is 0 Å². The van der Waals surface area contributed by atoms with Crippen LogP contribution in [0.5, 0.6) is 0 Å². The first-order valence-electron chi connectivity index (χ1n) is 0. The van der Waals surface area contributed by atoms with Crippen molar-refractivity contribution >= 4 is 50.9 Å². The van der Waals surface area contributed by atoms with E-state index in [0.717, 1.165) is 0 Å². The Bertz CT molecular complexity index is 6.00. The molecule has 0 heterocycles. The van der Waals surface area contributed by atoms with Gasteiger partial charge in [0.15, 0.2) is 0 Å². The molecule has 0 aliphatic rings. The van der Waals surface area contributed by atoms with Crippen LogP contribution in [0.3, 0.4) is 0 Å². The monoisotopic (exact) mass is 288 g/mol. The third-order valence-electron chi connectivity index (χ3n) is 0. The lowest BCUT2D eigenvalue weighted by Gasteiger charge is -0.115. The van der Waals surface area contributed by atoms with E-state index < -0.39 is 0 Å². The Labute approximate surface area is 73.0 Å². The SMILES string of the molecule is Br.Br.Br.C.C.C. The van der Waals surface area contributed by atoms with Crippen LogP contribution in [0.2, 0.25) is 0 Å². The Kier molecular flexibility index (Phi) is 2280. The zero-order chi connectivity index (χ0) is 0. The van der Waals surface area contributed by atoms with Crippen LogP contribution < -0.4 is 0 Å². The van der Waals surface area contributed by atoms with Gasteiger partial charge in [-0.3, -0.25) is 0 Å². The number of hydrogen-bond acceptors (Lipinski definition) is 0. The minimum absolute atomic E-state index is 0. The summed E-state index contributed by atoms with van der Waals surface area (Å²) in [5, 5.41) is 0. The number of hydrogen-bond donors (Lipinski definition) is 0. The number of halogens is 3. The standard InChI is InChI=1S/3CH4.3BrH/h3*1H4;3*1H. The van der Waals surface area contributed by atoms with Gasteiger partial charge in [0.1, 0.15) is 0 Å². The van der Waals surface area contributed by atoms with Gasteiger partial charge in [0.25, 0.3) is 0 Å². The largest absolute Gasteiger partial charge is 0.114 e. The summed E-state index contributed by atoms with van der Waals surface area (Å²) in [5.74, 6) is 0. The molecule has 3 heteroatoms. The molecule has 0 aromatic rings. The van der Waals surface area contributed by atoms with Crippen molar-refractivity contribution in [3.63, 3.8) is 0 Å². The maximum absolute atomic E-state index is 0. The Morgan fingerprint density at radius 1 is 0.333 bits per heavy atom. The van der Waals surface area contributed by atoms with Crippen molar-refractivity contribution in [1.29, 1.82) is 0 Å². The summed E-state index contributed by atoms with van der Waals surface area (Å²) in [5.41, 5.74) is 0. The van der Waals surface area contributed by atoms with E-state index in [0.29, 0.717) is 0 Å². The zero-order valence-electron chi connectivity index (χ0n) is 1.22. The highest BCUT2D eigenvalue weighted by Crippen LogP contribution is 0.848. The Hall–Kier alpha value is 1.44. The highest BCUT2D eigenvalue weighted by Gasteiger charge is -0.0753. The topological polar surface area (TPSA) is 0 Å². The second kappa shape index (κ2) is 91.9. The van der Waals surface area contributed by atoms with Gasteiger partial charge in [0.2, 0.25) is 0 Å². The zero-order valence-corrected chi connectivity index (χ0v) is 6.36. The van der Waals surface area contributed by atoms with E-state index in [9.17, 15) is 0 Å². The molecule has 0 N–H and O–H groups in total. The summed E-state index contributed by atoms with van der Waals surface area (Å²) in [6.45, 7) is 0. The fourth-order valence-corrected chi connectivity index (χ4v) is 0. The molecule has 0 saturated heterocycles. The lowest BCUT2D eigenvalue weighted by molar-refractivity contribution is 2.50. The van der Waals surface area contributed by atoms with Gasteiger partial charge in [0.05, 0.1) is 0 Å². The lowest BCUT2D eigenvalue weighted by Crippen LogP contribution is 0.143. The molecule has 0 aliphatic heterocycles. The molecule has 0 fully saturated rings. The Balaban J connectivity index is 0. The smallest absolute Gasteiger partial charge is 0.0776 e. The molecule has 0 spiro atoms. The summed E-state index contributed by atoms with van der Waals surface area (Å²) < 4.78 is 0. The quantitative estimate of drug-likeness (QED) is 0.639. The van der Waals surface area contributed by atoms with Gasteiger partial charge >= 0.3 is 0 Å². The van der Waals surface area contributed by atoms with Gasteiger partial charge in [-0.25, -0.2) is 0 Å².